The molecule has 13 heteroatoms. The van der Waals surface area contributed by atoms with Crippen molar-refractivity contribution in [3.05, 3.63) is 36.7 Å². The quantitative estimate of drug-likeness (QED) is 0.328. The smallest absolute Gasteiger partial charge is 0.319 e. The Hall–Kier alpha value is -3.71. The number of amides is 3. The Labute approximate surface area is 185 Å². The van der Waals surface area contributed by atoms with Crippen molar-refractivity contribution in [3.8, 4) is 0 Å². The first-order valence-corrected chi connectivity index (χ1v) is 10.8. The molecule has 3 amide bonds. The Morgan fingerprint density at radius 2 is 1.94 bits per heavy atom. The van der Waals surface area contributed by atoms with Crippen LogP contribution in [0.25, 0.3) is 11.3 Å². The van der Waals surface area contributed by atoms with E-state index in [0.29, 0.717) is 33.0 Å². The number of hydrogen-bond donors (Lipinski definition) is 4. The van der Waals surface area contributed by atoms with Crippen LogP contribution >= 0.6 is 11.8 Å². The third-order valence-corrected chi connectivity index (χ3v) is 5.60. The summed E-state index contributed by atoms with van der Waals surface area (Å²) in [5, 5.41) is 30.9. The van der Waals surface area contributed by atoms with Crippen LogP contribution in [0, 0.1) is 5.92 Å². The molecular weight excluding hydrogens is 434 g/mol. The highest BCUT2D eigenvalue weighted by Crippen LogP contribution is 2.30. The maximum Gasteiger partial charge on any atom is 0.319 e. The SMILES string of the molecule is O=C(NCCO)Nc1ccc2nnc(Sc3ccc4nc(NC(=O)C5CC5)cn4n3)n2c1. The van der Waals surface area contributed by atoms with Gasteiger partial charge in [-0.15, -0.1) is 10.2 Å². The number of nitrogens with one attached hydrogen (secondary N) is 3. The number of nitrogens with zero attached hydrogens (tertiary/aromatic N) is 6. The van der Waals surface area contributed by atoms with Gasteiger partial charge in [0.2, 0.25) is 11.1 Å². The first-order chi connectivity index (χ1) is 15.6. The molecule has 1 fully saturated rings. The lowest BCUT2D eigenvalue weighted by atomic mass is 10.4. The molecule has 0 spiro atoms. The summed E-state index contributed by atoms with van der Waals surface area (Å²) in [5.74, 6) is 0.562. The molecule has 0 radical (unpaired) electrons. The molecule has 0 atom stereocenters. The summed E-state index contributed by atoms with van der Waals surface area (Å²) in [5.41, 5.74) is 1.78. The van der Waals surface area contributed by atoms with E-state index in [2.05, 4.69) is 36.2 Å². The lowest BCUT2D eigenvalue weighted by molar-refractivity contribution is -0.117. The van der Waals surface area contributed by atoms with Gasteiger partial charge >= 0.3 is 6.03 Å². The van der Waals surface area contributed by atoms with Crippen LogP contribution in [-0.4, -0.2) is 59.4 Å². The molecular formula is C19H19N9O3S. The number of anilines is 2. The van der Waals surface area contributed by atoms with Gasteiger partial charge in [0.05, 0.1) is 18.5 Å². The molecule has 0 unspecified atom stereocenters. The van der Waals surface area contributed by atoms with E-state index < -0.39 is 6.03 Å². The molecule has 12 nitrogen and oxygen atoms in total. The van der Waals surface area contributed by atoms with Crippen molar-refractivity contribution in [2.75, 3.05) is 23.8 Å². The molecule has 4 aromatic heterocycles. The second-order valence-corrected chi connectivity index (χ2v) is 8.19. The van der Waals surface area contributed by atoms with Gasteiger partial charge in [0.1, 0.15) is 5.03 Å². The molecule has 0 bridgehead atoms. The maximum atomic E-state index is 12.0. The second kappa shape index (κ2) is 8.43. The number of aliphatic hydroxyl groups excluding tert-OH is 1. The zero-order valence-electron chi connectivity index (χ0n) is 16.7. The van der Waals surface area contributed by atoms with Crippen LogP contribution in [0.3, 0.4) is 0 Å². The minimum absolute atomic E-state index is 0.00705. The monoisotopic (exact) mass is 453 g/mol. The van der Waals surface area contributed by atoms with Gasteiger partial charge in [-0.3, -0.25) is 9.20 Å². The summed E-state index contributed by atoms with van der Waals surface area (Å²) < 4.78 is 3.35. The van der Waals surface area contributed by atoms with E-state index in [1.54, 1.807) is 33.4 Å². The summed E-state index contributed by atoms with van der Waals surface area (Å²) in [6, 6.07) is 6.65. The van der Waals surface area contributed by atoms with Gasteiger partial charge in [-0.25, -0.2) is 14.3 Å². The number of carbonyl (C=O) groups excluding carboxylic acids is 2. The summed E-state index contributed by atoms with van der Waals surface area (Å²) in [6.07, 6.45) is 5.23. The Morgan fingerprint density at radius 1 is 1.09 bits per heavy atom. The van der Waals surface area contributed by atoms with Crippen LogP contribution in [0.1, 0.15) is 12.8 Å². The van der Waals surface area contributed by atoms with Gasteiger partial charge in [-0.1, -0.05) is 0 Å². The van der Waals surface area contributed by atoms with Crippen molar-refractivity contribution in [1.82, 2.24) is 34.5 Å². The molecule has 4 N–H and O–H groups in total. The lowest BCUT2D eigenvalue weighted by Crippen LogP contribution is -2.31. The molecule has 0 aromatic carbocycles. The van der Waals surface area contributed by atoms with Gasteiger partial charge in [0, 0.05) is 18.7 Å². The minimum atomic E-state index is -0.419. The minimum Gasteiger partial charge on any atom is -0.395 e. The van der Waals surface area contributed by atoms with Crippen LogP contribution in [0.2, 0.25) is 0 Å². The fraction of sp³-hybridized carbons (Fsp3) is 0.263. The number of imidazole rings is 1. The molecule has 5 rings (SSSR count). The van der Waals surface area contributed by atoms with E-state index in [4.69, 9.17) is 5.11 Å². The number of carbonyl (C=O) groups is 2. The molecule has 1 aliphatic carbocycles. The highest BCUT2D eigenvalue weighted by molar-refractivity contribution is 7.99. The van der Waals surface area contributed by atoms with Crippen molar-refractivity contribution in [2.45, 2.75) is 23.0 Å². The van der Waals surface area contributed by atoms with Crippen molar-refractivity contribution in [3.63, 3.8) is 0 Å². The number of rotatable bonds is 7. The normalized spacial score (nSPS) is 13.4. The van der Waals surface area contributed by atoms with Crippen LogP contribution < -0.4 is 16.0 Å². The number of urea groups is 1. The first kappa shape index (κ1) is 20.2. The highest BCUT2D eigenvalue weighted by Gasteiger charge is 2.30. The third kappa shape index (κ3) is 4.33. The van der Waals surface area contributed by atoms with Crippen LogP contribution in [0.5, 0.6) is 0 Å². The van der Waals surface area contributed by atoms with Crippen LogP contribution in [0.4, 0.5) is 16.3 Å². The molecule has 1 aliphatic rings. The van der Waals surface area contributed by atoms with E-state index in [-0.39, 0.29) is 25.0 Å². The fourth-order valence-electron chi connectivity index (χ4n) is 3.00. The van der Waals surface area contributed by atoms with Gasteiger partial charge in [-0.05, 0) is 48.9 Å². The Kier molecular flexibility index (Phi) is 5.33. The number of hydrogen-bond acceptors (Lipinski definition) is 8. The third-order valence-electron chi connectivity index (χ3n) is 4.72. The summed E-state index contributed by atoms with van der Waals surface area (Å²) in [6.45, 7) is 0.0253. The van der Waals surface area contributed by atoms with Gasteiger partial charge in [-0.2, -0.15) is 5.10 Å². The topological polar surface area (TPSA) is 151 Å². The molecule has 32 heavy (non-hydrogen) atoms. The van der Waals surface area contributed by atoms with Gasteiger partial charge in [0.15, 0.2) is 17.1 Å². The lowest BCUT2D eigenvalue weighted by Gasteiger charge is -2.07. The molecule has 0 aliphatic heterocycles. The molecule has 164 valence electrons. The van der Waals surface area contributed by atoms with E-state index in [1.165, 1.54) is 11.8 Å². The molecule has 4 heterocycles. The number of aromatic nitrogens is 6. The average molecular weight is 453 g/mol. The van der Waals surface area contributed by atoms with Crippen LogP contribution in [0.15, 0.2) is 46.8 Å². The number of fused-ring (bicyclic) bond motifs is 2. The molecule has 1 saturated carbocycles. The zero-order chi connectivity index (χ0) is 22.1. The fourth-order valence-corrected chi connectivity index (χ4v) is 3.78. The number of pyridine rings is 1. The Morgan fingerprint density at radius 3 is 2.75 bits per heavy atom. The van der Waals surface area contributed by atoms with Gasteiger partial charge < -0.3 is 21.1 Å². The Balaban J connectivity index is 1.34. The molecule has 0 saturated heterocycles. The van der Waals surface area contributed by atoms with Crippen molar-refractivity contribution >= 4 is 46.5 Å². The van der Waals surface area contributed by atoms with Crippen molar-refractivity contribution in [1.29, 1.82) is 0 Å². The first-order valence-electron chi connectivity index (χ1n) is 9.95. The van der Waals surface area contributed by atoms with Gasteiger partial charge in [0.25, 0.3) is 0 Å². The Bertz CT molecular complexity index is 1310. The van der Waals surface area contributed by atoms with Crippen molar-refractivity contribution < 1.29 is 14.7 Å². The van der Waals surface area contributed by atoms with E-state index >= 15 is 0 Å². The average Bonchev–Trinajstić information content (AvgIpc) is 3.46. The predicted octanol–water partition coefficient (Wildman–Crippen LogP) is 1.39. The largest absolute Gasteiger partial charge is 0.395 e. The second-order valence-electron chi connectivity index (χ2n) is 7.20. The predicted molar refractivity (Wildman–Crippen MR) is 116 cm³/mol. The van der Waals surface area contributed by atoms with Crippen LogP contribution in [-0.2, 0) is 4.79 Å². The standard InChI is InChI=1S/C19H19N9O3S/c29-8-7-20-18(31)21-12-3-4-15-24-25-19(27(15)9-12)32-16-6-5-14-22-13(10-28(14)26-16)23-17(30)11-1-2-11/h3-6,9-11,29H,1-2,7-8H2,(H,23,30)(H2,20,21,31). The summed E-state index contributed by atoms with van der Waals surface area (Å²) in [7, 11) is 0. The summed E-state index contributed by atoms with van der Waals surface area (Å²) >= 11 is 1.30. The highest BCUT2D eigenvalue weighted by atomic mass is 32.2. The summed E-state index contributed by atoms with van der Waals surface area (Å²) in [4.78, 5) is 28.2. The number of aliphatic hydroxyl groups is 1. The van der Waals surface area contributed by atoms with E-state index in [9.17, 15) is 9.59 Å². The van der Waals surface area contributed by atoms with Crippen molar-refractivity contribution in [2.24, 2.45) is 5.92 Å². The molecule has 4 aromatic rings. The van der Waals surface area contributed by atoms with E-state index in [0.717, 1.165) is 12.8 Å². The zero-order valence-corrected chi connectivity index (χ0v) is 17.5. The van der Waals surface area contributed by atoms with E-state index in [1.807, 2.05) is 12.1 Å². The maximum absolute atomic E-state index is 12.0.